The molecule has 0 bridgehead atoms. The molecule has 1 aromatic carbocycles. The summed E-state index contributed by atoms with van der Waals surface area (Å²) in [7, 11) is 0. The first-order valence-electron chi connectivity index (χ1n) is 7.60. The smallest absolute Gasteiger partial charge is 0.127 e. The Morgan fingerprint density at radius 3 is 2.26 bits per heavy atom. The number of anilines is 1. The molecule has 0 aliphatic rings. The number of aryl methyl sites for hydroxylation is 1. The summed E-state index contributed by atoms with van der Waals surface area (Å²) in [6.07, 6.45) is 5.06. The van der Waals surface area contributed by atoms with E-state index < -0.39 is 0 Å². The normalized spacial score (nSPS) is 10.3. The Balaban J connectivity index is 0.00000127. The maximum Gasteiger partial charge on any atom is 0.127 e. The lowest BCUT2D eigenvalue weighted by Gasteiger charge is -2.09. The summed E-state index contributed by atoms with van der Waals surface area (Å²) in [6, 6.07) is 11.6. The second kappa shape index (κ2) is 9.26. The predicted octanol–water partition coefficient (Wildman–Crippen LogP) is 5.30. The molecule has 3 nitrogen and oxygen atoms in total. The molecule has 2 N–H and O–H groups in total. The van der Waals surface area contributed by atoms with E-state index in [1.165, 1.54) is 0 Å². The molecule has 0 atom stereocenters. The first kappa shape index (κ1) is 18.2. The van der Waals surface area contributed by atoms with Crippen molar-refractivity contribution >= 4 is 5.82 Å². The number of nitrogens with two attached hydrogens (primary N) is 1. The van der Waals surface area contributed by atoms with Crippen molar-refractivity contribution in [2.24, 2.45) is 0 Å². The SMILES string of the molecule is C=C/C=C(\C=C)Oc1ccc(-c2ccc(N)nc2C)cc1.CC. The fraction of sp³-hybridized carbons (Fsp3) is 0.150. The van der Waals surface area contributed by atoms with E-state index in [4.69, 9.17) is 10.5 Å². The molecule has 23 heavy (non-hydrogen) atoms. The van der Waals surface area contributed by atoms with Crippen LogP contribution in [-0.2, 0) is 0 Å². The van der Waals surface area contributed by atoms with Gasteiger partial charge in [-0.2, -0.15) is 0 Å². The van der Waals surface area contributed by atoms with Crippen LogP contribution in [-0.4, -0.2) is 4.98 Å². The number of nitrogens with zero attached hydrogens (tertiary/aromatic N) is 1. The third-order valence-corrected chi connectivity index (χ3v) is 2.99. The lowest BCUT2D eigenvalue weighted by atomic mass is 10.0. The summed E-state index contributed by atoms with van der Waals surface area (Å²) in [5, 5.41) is 0. The second-order valence-corrected chi connectivity index (χ2v) is 4.50. The first-order chi connectivity index (χ1) is 11.1. The van der Waals surface area contributed by atoms with E-state index in [1.807, 2.05) is 51.1 Å². The summed E-state index contributed by atoms with van der Waals surface area (Å²) in [6.45, 7) is 13.3. The first-order valence-corrected chi connectivity index (χ1v) is 7.60. The average molecular weight is 308 g/mol. The average Bonchev–Trinajstić information content (AvgIpc) is 2.57. The highest BCUT2D eigenvalue weighted by atomic mass is 16.5. The summed E-state index contributed by atoms with van der Waals surface area (Å²) in [5.74, 6) is 1.93. The van der Waals surface area contributed by atoms with Crippen LogP contribution in [0.5, 0.6) is 5.75 Å². The fourth-order valence-electron chi connectivity index (χ4n) is 1.98. The minimum Gasteiger partial charge on any atom is -0.457 e. The number of ether oxygens (including phenoxy) is 1. The molecule has 1 aromatic heterocycles. The van der Waals surface area contributed by atoms with Crippen LogP contribution in [0, 0.1) is 6.92 Å². The molecule has 0 spiro atoms. The van der Waals surface area contributed by atoms with Crippen molar-refractivity contribution in [1.82, 2.24) is 4.98 Å². The largest absolute Gasteiger partial charge is 0.457 e. The van der Waals surface area contributed by atoms with Crippen molar-refractivity contribution < 1.29 is 4.74 Å². The monoisotopic (exact) mass is 308 g/mol. The van der Waals surface area contributed by atoms with Gasteiger partial charge in [-0.15, -0.1) is 0 Å². The van der Waals surface area contributed by atoms with Gasteiger partial charge in [0, 0.05) is 11.3 Å². The van der Waals surface area contributed by atoms with Gasteiger partial charge in [0.25, 0.3) is 0 Å². The van der Waals surface area contributed by atoms with Crippen molar-refractivity contribution in [2.45, 2.75) is 20.8 Å². The molecule has 2 rings (SSSR count). The van der Waals surface area contributed by atoms with Crippen LogP contribution in [0.2, 0.25) is 0 Å². The predicted molar refractivity (Wildman–Crippen MR) is 99.3 cm³/mol. The molecule has 0 saturated heterocycles. The van der Waals surface area contributed by atoms with Gasteiger partial charge in [0.1, 0.15) is 17.3 Å². The van der Waals surface area contributed by atoms with E-state index in [0.29, 0.717) is 11.6 Å². The van der Waals surface area contributed by atoms with Gasteiger partial charge in [-0.1, -0.05) is 45.2 Å². The molecule has 3 heteroatoms. The number of hydrogen-bond donors (Lipinski definition) is 1. The lowest BCUT2D eigenvalue weighted by molar-refractivity contribution is 0.445. The quantitative estimate of drug-likeness (QED) is 0.602. The van der Waals surface area contributed by atoms with E-state index in [2.05, 4.69) is 18.1 Å². The number of aromatic nitrogens is 1. The van der Waals surface area contributed by atoms with Crippen molar-refractivity contribution in [3.8, 4) is 16.9 Å². The van der Waals surface area contributed by atoms with Gasteiger partial charge in [0.2, 0.25) is 0 Å². The molecule has 120 valence electrons. The van der Waals surface area contributed by atoms with Crippen molar-refractivity contribution in [3.05, 3.63) is 79.2 Å². The van der Waals surface area contributed by atoms with E-state index in [0.717, 1.165) is 22.6 Å². The van der Waals surface area contributed by atoms with Gasteiger partial charge >= 0.3 is 0 Å². The molecule has 2 aromatic rings. The van der Waals surface area contributed by atoms with Gasteiger partial charge < -0.3 is 10.5 Å². The Hall–Kier alpha value is -2.81. The van der Waals surface area contributed by atoms with Crippen LogP contribution < -0.4 is 10.5 Å². The van der Waals surface area contributed by atoms with Crippen LogP contribution in [0.15, 0.2) is 73.5 Å². The highest BCUT2D eigenvalue weighted by Gasteiger charge is 2.04. The number of nitrogen functional groups attached to an aromatic ring is 1. The second-order valence-electron chi connectivity index (χ2n) is 4.50. The Bertz CT molecular complexity index is 685. The number of hydrogen-bond acceptors (Lipinski definition) is 3. The standard InChI is InChI=1S/C18H18N2O.C2H6/c1-4-6-15(5-2)21-16-9-7-14(8-10-16)17-11-12-18(19)20-13(17)3;1-2/h4-12H,1-2H2,3H3,(H2,19,20);1-2H3/b15-6+;. The maximum absolute atomic E-state index is 5.68. The summed E-state index contributed by atoms with van der Waals surface area (Å²) in [4.78, 5) is 4.27. The molecule has 0 amide bonds. The highest BCUT2D eigenvalue weighted by Crippen LogP contribution is 2.26. The van der Waals surface area contributed by atoms with Gasteiger partial charge in [0.05, 0.1) is 0 Å². The zero-order valence-electron chi connectivity index (χ0n) is 14.0. The molecular formula is C20H24N2O. The van der Waals surface area contributed by atoms with E-state index >= 15 is 0 Å². The third-order valence-electron chi connectivity index (χ3n) is 2.99. The summed E-state index contributed by atoms with van der Waals surface area (Å²) >= 11 is 0. The lowest BCUT2D eigenvalue weighted by Crippen LogP contribution is -1.94. The van der Waals surface area contributed by atoms with Gasteiger partial charge in [-0.05, 0) is 48.9 Å². The zero-order chi connectivity index (χ0) is 17.2. The summed E-state index contributed by atoms with van der Waals surface area (Å²) < 4.78 is 5.68. The molecule has 1 heterocycles. The molecule has 0 fully saturated rings. The topological polar surface area (TPSA) is 48.1 Å². The van der Waals surface area contributed by atoms with Crippen molar-refractivity contribution in [3.63, 3.8) is 0 Å². The molecule has 0 aliphatic heterocycles. The van der Waals surface area contributed by atoms with Crippen LogP contribution in [0.4, 0.5) is 5.82 Å². The van der Waals surface area contributed by atoms with Crippen LogP contribution in [0.3, 0.4) is 0 Å². The minimum atomic E-state index is 0.529. The van der Waals surface area contributed by atoms with E-state index in [9.17, 15) is 0 Å². The van der Waals surface area contributed by atoms with Crippen molar-refractivity contribution in [1.29, 1.82) is 0 Å². The Morgan fingerprint density at radius 1 is 1.09 bits per heavy atom. The third kappa shape index (κ3) is 5.15. The van der Waals surface area contributed by atoms with Gasteiger partial charge in [0.15, 0.2) is 0 Å². The summed E-state index contributed by atoms with van der Waals surface area (Å²) in [5.41, 5.74) is 8.70. The van der Waals surface area contributed by atoms with Crippen LogP contribution >= 0.6 is 0 Å². The van der Waals surface area contributed by atoms with E-state index in [1.54, 1.807) is 24.3 Å². The highest BCUT2D eigenvalue weighted by molar-refractivity contribution is 5.67. The molecule has 0 aliphatic carbocycles. The van der Waals surface area contributed by atoms with Crippen LogP contribution in [0.25, 0.3) is 11.1 Å². The number of rotatable bonds is 5. The minimum absolute atomic E-state index is 0.529. The molecular weight excluding hydrogens is 284 g/mol. The molecule has 0 radical (unpaired) electrons. The maximum atomic E-state index is 5.68. The number of benzene rings is 1. The number of pyridine rings is 1. The van der Waals surface area contributed by atoms with Crippen molar-refractivity contribution in [2.75, 3.05) is 5.73 Å². The van der Waals surface area contributed by atoms with E-state index in [-0.39, 0.29) is 0 Å². The van der Waals surface area contributed by atoms with Gasteiger partial charge in [-0.25, -0.2) is 4.98 Å². The molecule has 0 saturated carbocycles. The Morgan fingerprint density at radius 2 is 1.74 bits per heavy atom. The number of allylic oxidation sites excluding steroid dienone is 3. The Labute approximate surface area is 138 Å². The van der Waals surface area contributed by atoms with Gasteiger partial charge in [-0.3, -0.25) is 0 Å². The zero-order valence-corrected chi connectivity index (χ0v) is 14.0. The Kier molecular flexibility index (Phi) is 7.34. The van der Waals surface area contributed by atoms with Crippen LogP contribution in [0.1, 0.15) is 19.5 Å². The fourth-order valence-corrected chi connectivity index (χ4v) is 1.98. The molecule has 0 unspecified atom stereocenters.